The van der Waals surface area contributed by atoms with E-state index in [0.29, 0.717) is 25.7 Å². The Morgan fingerprint density at radius 2 is 2.11 bits per heavy atom. The minimum Gasteiger partial charge on any atom is -0.444 e. The first-order chi connectivity index (χ1) is 8.70. The molecule has 0 radical (unpaired) electrons. The minimum atomic E-state index is -0.484. The van der Waals surface area contributed by atoms with E-state index in [2.05, 4.69) is 13.8 Å². The second-order valence-corrected chi connectivity index (χ2v) is 6.61. The van der Waals surface area contributed by atoms with Crippen LogP contribution in [0.25, 0.3) is 0 Å². The third kappa shape index (κ3) is 5.37. The van der Waals surface area contributed by atoms with Crippen LogP contribution in [0.2, 0.25) is 0 Å². The first kappa shape index (κ1) is 16.2. The summed E-state index contributed by atoms with van der Waals surface area (Å²) in [6, 6.07) is -0.168. The molecule has 1 aliphatic rings. The molecule has 2 unspecified atom stereocenters. The van der Waals surface area contributed by atoms with Crippen molar-refractivity contribution in [2.24, 2.45) is 11.7 Å². The lowest BCUT2D eigenvalue weighted by molar-refractivity contribution is -0.0392. The Labute approximate surface area is 116 Å². The van der Waals surface area contributed by atoms with E-state index < -0.39 is 5.60 Å². The SMILES string of the molecule is CC(C)CC(N)C1COCCN1C(=O)OC(C)(C)C. The van der Waals surface area contributed by atoms with Crippen LogP contribution in [-0.2, 0) is 9.47 Å². The predicted molar refractivity (Wildman–Crippen MR) is 75.0 cm³/mol. The standard InChI is InChI=1S/C14H28N2O3/c1-10(2)8-11(15)12-9-18-7-6-16(12)13(17)19-14(3,4)5/h10-12H,6-9,15H2,1-5H3. The van der Waals surface area contributed by atoms with Crippen molar-refractivity contribution < 1.29 is 14.3 Å². The second kappa shape index (κ2) is 6.57. The number of carbonyl (C=O) groups is 1. The van der Waals surface area contributed by atoms with E-state index in [9.17, 15) is 4.79 Å². The van der Waals surface area contributed by atoms with Gasteiger partial charge >= 0.3 is 6.09 Å². The molecule has 5 heteroatoms. The molecule has 0 aromatic carbocycles. The van der Waals surface area contributed by atoms with E-state index in [1.54, 1.807) is 4.90 Å². The van der Waals surface area contributed by atoms with E-state index in [0.717, 1.165) is 6.42 Å². The molecule has 0 saturated carbocycles. The molecule has 0 spiro atoms. The zero-order chi connectivity index (χ0) is 14.6. The van der Waals surface area contributed by atoms with Gasteiger partial charge in [0.1, 0.15) is 5.60 Å². The molecule has 1 rings (SSSR count). The zero-order valence-corrected chi connectivity index (χ0v) is 12.8. The molecular formula is C14H28N2O3. The van der Waals surface area contributed by atoms with Crippen LogP contribution in [0.3, 0.4) is 0 Å². The maximum atomic E-state index is 12.2. The Hall–Kier alpha value is -0.810. The largest absolute Gasteiger partial charge is 0.444 e. The van der Waals surface area contributed by atoms with Gasteiger partial charge in [0.05, 0.1) is 19.3 Å². The van der Waals surface area contributed by atoms with Gasteiger partial charge in [-0.3, -0.25) is 4.90 Å². The molecule has 1 fully saturated rings. The fraction of sp³-hybridized carbons (Fsp3) is 0.929. The van der Waals surface area contributed by atoms with Crippen molar-refractivity contribution >= 4 is 6.09 Å². The number of rotatable bonds is 3. The summed E-state index contributed by atoms with van der Waals surface area (Å²) in [5.74, 6) is 0.498. The van der Waals surface area contributed by atoms with Gasteiger partial charge in [0.2, 0.25) is 0 Å². The quantitative estimate of drug-likeness (QED) is 0.853. The topological polar surface area (TPSA) is 64.8 Å². The van der Waals surface area contributed by atoms with Crippen molar-refractivity contribution in [1.29, 1.82) is 0 Å². The molecule has 0 aromatic rings. The molecule has 19 heavy (non-hydrogen) atoms. The summed E-state index contributed by atoms with van der Waals surface area (Å²) < 4.78 is 10.9. The molecule has 2 atom stereocenters. The van der Waals surface area contributed by atoms with Gasteiger partial charge in [0.25, 0.3) is 0 Å². The molecule has 1 aliphatic heterocycles. The van der Waals surface area contributed by atoms with Crippen LogP contribution in [-0.4, -0.2) is 48.4 Å². The van der Waals surface area contributed by atoms with Crippen LogP contribution >= 0.6 is 0 Å². The van der Waals surface area contributed by atoms with Gasteiger partial charge in [0.15, 0.2) is 0 Å². The van der Waals surface area contributed by atoms with Crippen LogP contribution in [0.4, 0.5) is 4.79 Å². The number of carbonyl (C=O) groups excluding carboxylic acids is 1. The maximum Gasteiger partial charge on any atom is 0.410 e. The number of hydrogen-bond acceptors (Lipinski definition) is 4. The molecule has 1 saturated heterocycles. The highest BCUT2D eigenvalue weighted by Gasteiger charge is 2.34. The summed E-state index contributed by atoms with van der Waals surface area (Å²) in [6.45, 7) is 11.4. The zero-order valence-electron chi connectivity index (χ0n) is 12.8. The third-order valence-electron chi connectivity index (χ3n) is 3.03. The Morgan fingerprint density at radius 3 is 2.63 bits per heavy atom. The molecule has 112 valence electrons. The molecule has 2 N–H and O–H groups in total. The molecule has 0 aliphatic carbocycles. The van der Waals surface area contributed by atoms with E-state index in [1.165, 1.54) is 0 Å². The number of hydrogen-bond donors (Lipinski definition) is 1. The van der Waals surface area contributed by atoms with Crippen molar-refractivity contribution in [3.05, 3.63) is 0 Å². The molecule has 0 bridgehead atoms. The molecule has 1 amide bonds. The lowest BCUT2D eigenvalue weighted by Gasteiger charge is -2.39. The maximum absolute atomic E-state index is 12.2. The van der Waals surface area contributed by atoms with E-state index in [4.69, 9.17) is 15.2 Å². The molecule has 1 heterocycles. The van der Waals surface area contributed by atoms with Gasteiger partial charge in [-0.25, -0.2) is 4.79 Å². The van der Waals surface area contributed by atoms with Gasteiger partial charge in [-0.15, -0.1) is 0 Å². The smallest absolute Gasteiger partial charge is 0.410 e. The van der Waals surface area contributed by atoms with Gasteiger partial charge < -0.3 is 15.2 Å². The Bertz CT molecular complexity index is 300. The van der Waals surface area contributed by atoms with Crippen LogP contribution in [0.1, 0.15) is 41.0 Å². The molecule has 5 nitrogen and oxygen atoms in total. The minimum absolute atomic E-state index is 0.0761. The van der Waals surface area contributed by atoms with E-state index in [-0.39, 0.29) is 18.2 Å². The average Bonchev–Trinajstić information content (AvgIpc) is 2.25. The highest BCUT2D eigenvalue weighted by atomic mass is 16.6. The number of amides is 1. The predicted octanol–water partition coefficient (Wildman–Crippen LogP) is 2.00. The van der Waals surface area contributed by atoms with E-state index in [1.807, 2.05) is 20.8 Å². The van der Waals surface area contributed by atoms with Crippen molar-refractivity contribution in [3.8, 4) is 0 Å². The summed E-state index contributed by atoms with van der Waals surface area (Å²) in [4.78, 5) is 13.9. The van der Waals surface area contributed by atoms with Gasteiger partial charge in [-0.1, -0.05) is 13.8 Å². The first-order valence-electron chi connectivity index (χ1n) is 7.03. The Balaban J connectivity index is 2.69. The van der Waals surface area contributed by atoms with Gasteiger partial charge in [-0.2, -0.15) is 0 Å². The van der Waals surface area contributed by atoms with Gasteiger partial charge in [0, 0.05) is 12.6 Å². The summed E-state index contributed by atoms with van der Waals surface area (Å²) in [5, 5.41) is 0. The number of nitrogens with two attached hydrogens (primary N) is 1. The number of morpholine rings is 1. The summed E-state index contributed by atoms with van der Waals surface area (Å²) in [6.07, 6.45) is 0.577. The van der Waals surface area contributed by atoms with Crippen molar-refractivity contribution in [2.45, 2.75) is 58.7 Å². The highest BCUT2D eigenvalue weighted by molar-refractivity contribution is 5.68. The third-order valence-corrected chi connectivity index (χ3v) is 3.03. The fourth-order valence-electron chi connectivity index (χ4n) is 2.23. The first-order valence-corrected chi connectivity index (χ1v) is 7.03. The Kier molecular flexibility index (Phi) is 5.62. The fourth-order valence-corrected chi connectivity index (χ4v) is 2.23. The summed E-state index contributed by atoms with van der Waals surface area (Å²) in [7, 11) is 0. The normalized spacial score (nSPS) is 22.5. The summed E-state index contributed by atoms with van der Waals surface area (Å²) >= 11 is 0. The highest BCUT2D eigenvalue weighted by Crippen LogP contribution is 2.18. The average molecular weight is 272 g/mol. The van der Waals surface area contributed by atoms with Crippen molar-refractivity contribution in [3.63, 3.8) is 0 Å². The van der Waals surface area contributed by atoms with Crippen LogP contribution in [0.15, 0.2) is 0 Å². The van der Waals surface area contributed by atoms with Crippen LogP contribution in [0, 0.1) is 5.92 Å². The van der Waals surface area contributed by atoms with Gasteiger partial charge in [-0.05, 0) is 33.1 Å². The summed E-state index contributed by atoms with van der Waals surface area (Å²) in [5.41, 5.74) is 5.73. The lowest BCUT2D eigenvalue weighted by atomic mass is 9.97. The molecule has 0 aromatic heterocycles. The molecular weight excluding hydrogens is 244 g/mol. The lowest BCUT2D eigenvalue weighted by Crippen LogP contribution is -2.57. The van der Waals surface area contributed by atoms with E-state index >= 15 is 0 Å². The number of nitrogens with zero attached hydrogens (tertiary/aromatic N) is 1. The second-order valence-electron chi connectivity index (χ2n) is 6.61. The van der Waals surface area contributed by atoms with Crippen LogP contribution < -0.4 is 5.73 Å². The monoisotopic (exact) mass is 272 g/mol. The van der Waals surface area contributed by atoms with Crippen LogP contribution in [0.5, 0.6) is 0 Å². The number of ether oxygens (including phenoxy) is 2. The Morgan fingerprint density at radius 1 is 1.47 bits per heavy atom. The van der Waals surface area contributed by atoms with Crippen molar-refractivity contribution in [2.75, 3.05) is 19.8 Å². The van der Waals surface area contributed by atoms with Crippen molar-refractivity contribution in [1.82, 2.24) is 4.90 Å².